The molecule has 0 amide bonds. The normalized spacial score (nSPS) is 18.4. The highest BCUT2D eigenvalue weighted by molar-refractivity contribution is 7.08. The average molecular weight is 331 g/mol. The molecule has 2 aromatic heterocycles. The van der Waals surface area contributed by atoms with Crippen molar-refractivity contribution in [3.8, 4) is 0 Å². The van der Waals surface area contributed by atoms with E-state index in [0.29, 0.717) is 0 Å². The van der Waals surface area contributed by atoms with Crippen molar-refractivity contribution in [2.75, 3.05) is 26.2 Å². The van der Waals surface area contributed by atoms with Gasteiger partial charge in [-0.25, -0.2) is 0 Å². The molecule has 3 rings (SSSR count). The molecule has 0 aliphatic carbocycles. The smallest absolute Gasteiger partial charge is 0.325 e. The fourth-order valence-electron chi connectivity index (χ4n) is 3.07. The van der Waals surface area contributed by atoms with E-state index >= 15 is 0 Å². The third-order valence-electron chi connectivity index (χ3n) is 4.19. The van der Waals surface area contributed by atoms with Crippen LogP contribution in [0.15, 0.2) is 41.2 Å². The molecule has 1 saturated heterocycles. The van der Waals surface area contributed by atoms with Gasteiger partial charge in [0.2, 0.25) is 0 Å². The number of aromatic nitrogens is 1. The van der Waals surface area contributed by atoms with Gasteiger partial charge in [-0.05, 0) is 47.5 Å². The zero-order valence-electron chi connectivity index (χ0n) is 13.0. The Bertz CT molecular complexity index is 618. The van der Waals surface area contributed by atoms with Crippen molar-refractivity contribution in [1.82, 2.24) is 14.8 Å². The molecule has 23 heavy (non-hydrogen) atoms. The number of hydrogen-bond acceptors (Lipinski definition) is 5. The topological polar surface area (TPSA) is 56.7 Å². The molecule has 0 spiro atoms. The molecule has 3 heterocycles. The Hall–Kier alpha value is -1.76. The summed E-state index contributed by atoms with van der Waals surface area (Å²) >= 11 is 1.55. The average Bonchev–Trinajstić information content (AvgIpc) is 2.97. The molecular formula is C17H21N3O2S. The van der Waals surface area contributed by atoms with E-state index in [1.807, 2.05) is 41.2 Å². The molecule has 5 nitrogen and oxygen atoms in total. The van der Waals surface area contributed by atoms with Crippen molar-refractivity contribution >= 4 is 17.3 Å². The van der Waals surface area contributed by atoms with Crippen LogP contribution in [0, 0.1) is 0 Å². The number of hydrogen-bond donors (Lipinski definition) is 1. The second-order valence-electron chi connectivity index (χ2n) is 5.78. The van der Waals surface area contributed by atoms with Crippen molar-refractivity contribution in [1.29, 1.82) is 0 Å². The SMILES string of the molecule is O=C(O)[C@H](c1ccsc1)N1CCCN(Cc2ccccn2)CC1. The maximum absolute atomic E-state index is 11.7. The van der Waals surface area contributed by atoms with E-state index in [0.717, 1.165) is 50.4 Å². The number of carboxylic acid groups (broad SMARTS) is 1. The summed E-state index contributed by atoms with van der Waals surface area (Å²) in [6.45, 7) is 4.24. The second kappa shape index (κ2) is 7.68. The van der Waals surface area contributed by atoms with Crippen molar-refractivity contribution in [3.63, 3.8) is 0 Å². The quantitative estimate of drug-likeness (QED) is 0.912. The number of carbonyl (C=O) groups is 1. The van der Waals surface area contributed by atoms with Crippen LogP contribution >= 0.6 is 11.3 Å². The van der Waals surface area contributed by atoms with E-state index in [2.05, 4.69) is 14.8 Å². The van der Waals surface area contributed by atoms with E-state index in [1.165, 1.54) is 0 Å². The van der Waals surface area contributed by atoms with Gasteiger partial charge in [-0.15, -0.1) is 0 Å². The van der Waals surface area contributed by atoms with E-state index in [4.69, 9.17) is 0 Å². The fraction of sp³-hybridized carbons (Fsp3) is 0.412. The summed E-state index contributed by atoms with van der Waals surface area (Å²) < 4.78 is 0. The minimum atomic E-state index is -0.762. The first kappa shape index (κ1) is 16.1. The minimum absolute atomic E-state index is 0.531. The molecule has 1 atom stereocenters. The monoisotopic (exact) mass is 331 g/mol. The molecule has 122 valence electrons. The highest BCUT2D eigenvalue weighted by Gasteiger charge is 2.29. The van der Waals surface area contributed by atoms with Crippen LogP contribution in [0.5, 0.6) is 0 Å². The summed E-state index contributed by atoms with van der Waals surface area (Å²) in [6, 6.07) is 7.35. The Morgan fingerprint density at radius 3 is 2.87 bits per heavy atom. The van der Waals surface area contributed by atoms with E-state index in [-0.39, 0.29) is 0 Å². The lowest BCUT2D eigenvalue weighted by Gasteiger charge is -2.27. The molecule has 0 saturated carbocycles. The summed E-state index contributed by atoms with van der Waals surface area (Å²) in [6.07, 6.45) is 2.79. The lowest BCUT2D eigenvalue weighted by Crippen LogP contribution is -2.37. The summed E-state index contributed by atoms with van der Waals surface area (Å²) in [5.74, 6) is -0.762. The molecule has 0 aromatic carbocycles. The van der Waals surface area contributed by atoms with Gasteiger partial charge in [0.25, 0.3) is 0 Å². The van der Waals surface area contributed by atoms with E-state index < -0.39 is 12.0 Å². The molecule has 0 radical (unpaired) electrons. The molecule has 1 aliphatic rings. The first-order chi connectivity index (χ1) is 11.2. The van der Waals surface area contributed by atoms with E-state index in [9.17, 15) is 9.90 Å². The molecule has 1 fully saturated rings. The van der Waals surface area contributed by atoms with Gasteiger partial charge in [0, 0.05) is 32.4 Å². The maximum atomic E-state index is 11.7. The summed E-state index contributed by atoms with van der Waals surface area (Å²) in [4.78, 5) is 20.5. The zero-order valence-corrected chi connectivity index (χ0v) is 13.8. The third kappa shape index (κ3) is 4.16. The Kier molecular flexibility index (Phi) is 5.38. The van der Waals surface area contributed by atoms with Gasteiger partial charge in [-0.1, -0.05) is 6.07 Å². The Morgan fingerprint density at radius 2 is 2.17 bits per heavy atom. The van der Waals surface area contributed by atoms with Crippen LogP contribution in [0.3, 0.4) is 0 Å². The first-order valence-corrected chi connectivity index (χ1v) is 8.79. The van der Waals surface area contributed by atoms with Crippen LogP contribution in [0.4, 0.5) is 0 Å². The van der Waals surface area contributed by atoms with Gasteiger partial charge in [-0.3, -0.25) is 19.6 Å². The summed E-state index contributed by atoms with van der Waals surface area (Å²) in [5, 5.41) is 13.5. The number of thiophene rings is 1. The van der Waals surface area contributed by atoms with Gasteiger partial charge in [0.1, 0.15) is 6.04 Å². The van der Waals surface area contributed by atoms with Crippen LogP contribution in [0.1, 0.15) is 23.7 Å². The van der Waals surface area contributed by atoms with Crippen LogP contribution in [-0.2, 0) is 11.3 Å². The number of pyridine rings is 1. The lowest BCUT2D eigenvalue weighted by molar-refractivity contribution is -0.143. The lowest BCUT2D eigenvalue weighted by atomic mass is 10.1. The summed E-state index contributed by atoms with van der Waals surface area (Å²) in [7, 11) is 0. The second-order valence-corrected chi connectivity index (χ2v) is 6.56. The highest BCUT2D eigenvalue weighted by Crippen LogP contribution is 2.24. The van der Waals surface area contributed by atoms with Gasteiger partial charge < -0.3 is 5.11 Å². The number of carboxylic acids is 1. The van der Waals surface area contributed by atoms with Crippen LogP contribution < -0.4 is 0 Å². The predicted molar refractivity (Wildman–Crippen MR) is 90.4 cm³/mol. The van der Waals surface area contributed by atoms with Crippen LogP contribution in [0.2, 0.25) is 0 Å². The van der Waals surface area contributed by atoms with Crippen LogP contribution in [0.25, 0.3) is 0 Å². The molecular weight excluding hydrogens is 310 g/mol. The maximum Gasteiger partial charge on any atom is 0.325 e. The van der Waals surface area contributed by atoms with Crippen LogP contribution in [-0.4, -0.2) is 52.0 Å². The van der Waals surface area contributed by atoms with Crippen molar-refractivity contribution in [2.45, 2.75) is 19.0 Å². The van der Waals surface area contributed by atoms with E-state index in [1.54, 1.807) is 11.3 Å². The molecule has 2 aromatic rings. The highest BCUT2D eigenvalue weighted by atomic mass is 32.1. The Morgan fingerprint density at radius 1 is 1.26 bits per heavy atom. The third-order valence-corrected chi connectivity index (χ3v) is 4.89. The largest absolute Gasteiger partial charge is 0.480 e. The van der Waals surface area contributed by atoms with Crippen molar-refractivity contribution in [3.05, 3.63) is 52.5 Å². The van der Waals surface area contributed by atoms with Crippen molar-refractivity contribution < 1.29 is 9.90 Å². The molecule has 1 aliphatic heterocycles. The molecule has 6 heteroatoms. The van der Waals surface area contributed by atoms with Crippen molar-refractivity contribution in [2.24, 2.45) is 0 Å². The Labute approximate surface area is 140 Å². The standard InChI is InChI=1S/C17H21N3O2S/c21-17(22)16(14-5-11-23-13-14)20-8-3-7-19(9-10-20)12-15-4-1-2-6-18-15/h1-2,4-6,11,13,16H,3,7-10,12H2,(H,21,22)/t16-/m0/s1. The van der Waals surface area contributed by atoms with Gasteiger partial charge in [0.15, 0.2) is 0 Å². The summed E-state index contributed by atoms with van der Waals surface area (Å²) in [5.41, 5.74) is 1.95. The molecule has 0 bridgehead atoms. The van der Waals surface area contributed by atoms with Gasteiger partial charge >= 0.3 is 5.97 Å². The minimum Gasteiger partial charge on any atom is -0.480 e. The Balaban J connectivity index is 1.64. The first-order valence-electron chi connectivity index (χ1n) is 7.85. The fourth-order valence-corrected chi connectivity index (χ4v) is 3.75. The molecule has 0 unspecified atom stereocenters. The predicted octanol–water partition coefficient (Wildman–Crippen LogP) is 2.48. The number of rotatable bonds is 5. The number of nitrogens with zero attached hydrogens (tertiary/aromatic N) is 3. The zero-order chi connectivity index (χ0) is 16.1. The van der Waals surface area contributed by atoms with Gasteiger partial charge in [0.05, 0.1) is 5.69 Å². The van der Waals surface area contributed by atoms with Gasteiger partial charge in [-0.2, -0.15) is 11.3 Å². The number of aliphatic carboxylic acids is 1. The molecule has 1 N–H and O–H groups in total.